The fourth-order valence-corrected chi connectivity index (χ4v) is 2.17. The van der Waals surface area contributed by atoms with Gasteiger partial charge in [-0.05, 0) is 18.4 Å². The molecule has 5 nitrogen and oxygen atoms in total. The predicted molar refractivity (Wildman–Crippen MR) is 67.0 cm³/mol. The predicted octanol–water partition coefficient (Wildman–Crippen LogP) is 2.42. The molecule has 0 spiro atoms. The number of nitro benzene ring substituents is 1. The summed E-state index contributed by atoms with van der Waals surface area (Å²) in [4.78, 5) is 14.5. The normalized spacial score (nSPS) is 17.1. The molecule has 1 fully saturated rings. The molecule has 0 aromatic heterocycles. The zero-order valence-corrected chi connectivity index (χ0v) is 10.0. The highest BCUT2D eigenvalue weighted by molar-refractivity contribution is 5.84. The molecule has 1 aliphatic rings. The summed E-state index contributed by atoms with van der Waals surface area (Å²) < 4.78 is 0. The molecule has 1 saturated carbocycles. The second-order valence-corrected chi connectivity index (χ2v) is 4.55. The Kier molecular flexibility index (Phi) is 3.92. The summed E-state index contributed by atoms with van der Waals surface area (Å²) in [5, 5.41) is 22.2. The molecular formula is C13H15N2O3-. The van der Waals surface area contributed by atoms with Crippen LogP contribution in [0.15, 0.2) is 23.2 Å². The van der Waals surface area contributed by atoms with Crippen LogP contribution in [0.4, 0.5) is 5.69 Å². The van der Waals surface area contributed by atoms with Crippen molar-refractivity contribution < 1.29 is 10.0 Å². The Morgan fingerprint density at radius 3 is 2.67 bits per heavy atom. The molecule has 0 atom stereocenters. The lowest BCUT2D eigenvalue weighted by atomic mass is 9.96. The van der Waals surface area contributed by atoms with E-state index in [1.807, 2.05) is 0 Å². The van der Waals surface area contributed by atoms with Crippen LogP contribution in [0.5, 0.6) is 5.75 Å². The Balaban J connectivity index is 2.14. The van der Waals surface area contributed by atoms with Gasteiger partial charge in [-0.25, -0.2) is 0 Å². The van der Waals surface area contributed by atoms with Crippen molar-refractivity contribution in [1.29, 1.82) is 0 Å². The van der Waals surface area contributed by atoms with Crippen LogP contribution in [-0.2, 0) is 0 Å². The molecule has 1 aliphatic carbocycles. The summed E-state index contributed by atoms with van der Waals surface area (Å²) in [5.41, 5.74) is 0.231. The number of benzene rings is 1. The first-order chi connectivity index (χ1) is 8.66. The van der Waals surface area contributed by atoms with Gasteiger partial charge in [0.25, 0.3) is 5.69 Å². The van der Waals surface area contributed by atoms with Gasteiger partial charge in [0.05, 0.1) is 4.92 Å². The molecule has 0 radical (unpaired) electrons. The Morgan fingerprint density at radius 2 is 2.00 bits per heavy atom. The van der Waals surface area contributed by atoms with Crippen molar-refractivity contribution in [3.8, 4) is 5.75 Å². The van der Waals surface area contributed by atoms with Crippen molar-refractivity contribution in [2.45, 2.75) is 38.1 Å². The molecule has 0 N–H and O–H groups in total. The molecule has 0 unspecified atom stereocenters. The number of aliphatic imine (C=N–C) groups is 1. The van der Waals surface area contributed by atoms with Crippen LogP contribution in [0.25, 0.3) is 0 Å². The van der Waals surface area contributed by atoms with Crippen molar-refractivity contribution >= 4 is 11.9 Å². The molecule has 0 saturated heterocycles. The molecule has 2 rings (SSSR count). The Hall–Kier alpha value is -1.91. The lowest BCUT2D eigenvalue weighted by Gasteiger charge is -2.17. The van der Waals surface area contributed by atoms with Crippen LogP contribution < -0.4 is 5.11 Å². The molecule has 18 heavy (non-hydrogen) atoms. The largest absolute Gasteiger partial charge is 0.872 e. The van der Waals surface area contributed by atoms with Crippen LogP contribution in [0, 0.1) is 10.1 Å². The third-order valence-electron chi connectivity index (χ3n) is 3.20. The topological polar surface area (TPSA) is 78.6 Å². The van der Waals surface area contributed by atoms with Crippen LogP contribution in [0.1, 0.15) is 37.7 Å². The van der Waals surface area contributed by atoms with Crippen molar-refractivity contribution in [2.75, 3.05) is 0 Å². The molecule has 0 aliphatic heterocycles. The molecule has 0 bridgehead atoms. The zero-order valence-electron chi connectivity index (χ0n) is 10.0. The third kappa shape index (κ3) is 3.06. The molecule has 96 valence electrons. The number of hydrogen-bond acceptors (Lipinski definition) is 4. The summed E-state index contributed by atoms with van der Waals surface area (Å²) in [5.74, 6) is -0.222. The standard InChI is InChI=1S/C13H16N2O3/c16-13-7-6-12(15(17)18)8-10(13)9-14-11-4-2-1-3-5-11/h6-9,11,16H,1-5H2/p-1. The first kappa shape index (κ1) is 12.5. The maximum Gasteiger partial charge on any atom is 0.270 e. The van der Waals surface area contributed by atoms with E-state index in [-0.39, 0.29) is 17.5 Å². The summed E-state index contributed by atoms with van der Waals surface area (Å²) >= 11 is 0. The quantitative estimate of drug-likeness (QED) is 0.467. The van der Waals surface area contributed by atoms with E-state index in [0.29, 0.717) is 5.56 Å². The number of hydrogen-bond donors (Lipinski definition) is 0. The number of nitro groups is 1. The highest BCUT2D eigenvalue weighted by Crippen LogP contribution is 2.22. The van der Waals surface area contributed by atoms with Gasteiger partial charge in [-0.15, -0.1) is 0 Å². The Labute approximate surface area is 105 Å². The summed E-state index contributed by atoms with van der Waals surface area (Å²) in [6.45, 7) is 0. The van der Waals surface area contributed by atoms with E-state index in [2.05, 4.69) is 4.99 Å². The first-order valence-corrected chi connectivity index (χ1v) is 6.15. The average Bonchev–Trinajstić information content (AvgIpc) is 2.38. The van der Waals surface area contributed by atoms with Crippen molar-refractivity contribution in [3.63, 3.8) is 0 Å². The molecule has 0 amide bonds. The summed E-state index contributed by atoms with van der Waals surface area (Å²) in [6, 6.07) is 3.99. The minimum absolute atomic E-state index is 0.0697. The zero-order chi connectivity index (χ0) is 13.0. The minimum atomic E-state index is -0.503. The molecule has 5 heteroatoms. The van der Waals surface area contributed by atoms with E-state index in [1.54, 1.807) is 0 Å². The second-order valence-electron chi connectivity index (χ2n) is 4.55. The number of rotatable bonds is 3. The number of non-ortho nitro benzene ring substituents is 1. The van der Waals surface area contributed by atoms with E-state index in [0.717, 1.165) is 12.8 Å². The molecule has 1 aromatic rings. The van der Waals surface area contributed by atoms with Gasteiger partial charge in [0, 0.05) is 24.4 Å². The van der Waals surface area contributed by atoms with Crippen molar-refractivity contribution in [1.82, 2.24) is 0 Å². The van der Waals surface area contributed by atoms with Gasteiger partial charge in [0.2, 0.25) is 0 Å². The van der Waals surface area contributed by atoms with E-state index < -0.39 is 4.92 Å². The van der Waals surface area contributed by atoms with Gasteiger partial charge in [-0.2, -0.15) is 0 Å². The Morgan fingerprint density at radius 1 is 1.28 bits per heavy atom. The fourth-order valence-electron chi connectivity index (χ4n) is 2.17. The maximum atomic E-state index is 11.6. The van der Waals surface area contributed by atoms with Gasteiger partial charge in [0.15, 0.2) is 0 Å². The lowest BCUT2D eigenvalue weighted by molar-refractivity contribution is -0.385. The van der Waals surface area contributed by atoms with E-state index in [1.165, 1.54) is 43.7 Å². The maximum absolute atomic E-state index is 11.6. The smallest absolute Gasteiger partial charge is 0.270 e. The van der Waals surface area contributed by atoms with Crippen LogP contribution in [0.3, 0.4) is 0 Å². The molecular weight excluding hydrogens is 232 g/mol. The highest BCUT2D eigenvalue weighted by Gasteiger charge is 2.11. The Bertz CT molecular complexity index is 465. The van der Waals surface area contributed by atoms with Crippen LogP contribution >= 0.6 is 0 Å². The second kappa shape index (κ2) is 5.62. The molecule has 0 heterocycles. The van der Waals surface area contributed by atoms with Crippen LogP contribution in [-0.4, -0.2) is 17.2 Å². The molecule has 1 aromatic carbocycles. The van der Waals surface area contributed by atoms with Gasteiger partial charge in [-0.3, -0.25) is 15.1 Å². The van der Waals surface area contributed by atoms with E-state index in [9.17, 15) is 15.2 Å². The van der Waals surface area contributed by atoms with Crippen LogP contribution in [0.2, 0.25) is 0 Å². The van der Waals surface area contributed by atoms with Gasteiger partial charge >= 0.3 is 0 Å². The van der Waals surface area contributed by atoms with Crippen molar-refractivity contribution in [3.05, 3.63) is 33.9 Å². The van der Waals surface area contributed by atoms with Gasteiger partial charge in [0.1, 0.15) is 0 Å². The SMILES string of the molecule is O=[N+]([O-])c1ccc([O-])c(C=NC2CCCCC2)c1. The van der Waals surface area contributed by atoms with Gasteiger partial charge in [-0.1, -0.05) is 31.1 Å². The fraction of sp³-hybridized carbons (Fsp3) is 0.462. The summed E-state index contributed by atoms with van der Waals surface area (Å²) in [6.07, 6.45) is 7.16. The number of nitrogens with zero attached hydrogens (tertiary/aromatic N) is 2. The van der Waals surface area contributed by atoms with E-state index in [4.69, 9.17) is 0 Å². The third-order valence-corrected chi connectivity index (χ3v) is 3.20. The van der Waals surface area contributed by atoms with Crippen molar-refractivity contribution in [2.24, 2.45) is 4.99 Å². The lowest BCUT2D eigenvalue weighted by Crippen LogP contribution is -2.10. The van der Waals surface area contributed by atoms with E-state index >= 15 is 0 Å². The monoisotopic (exact) mass is 247 g/mol. The average molecular weight is 247 g/mol. The summed E-state index contributed by atoms with van der Waals surface area (Å²) in [7, 11) is 0. The van der Waals surface area contributed by atoms with Gasteiger partial charge < -0.3 is 5.11 Å². The minimum Gasteiger partial charge on any atom is -0.872 e. The first-order valence-electron chi connectivity index (χ1n) is 6.15. The highest BCUT2D eigenvalue weighted by atomic mass is 16.6.